The molecule has 0 radical (unpaired) electrons. The van der Waals surface area contributed by atoms with Gasteiger partial charge in [0.1, 0.15) is 0 Å². The number of nitrogens with one attached hydrogen (secondary N) is 2. The summed E-state index contributed by atoms with van der Waals surface area (Å²) in [5, 5.41) is 12.5. The van der Waals surface area contributed by atoms with E-state index in [1.165, 1.54) is 58.4 Å². The molecule has 2 nitrogen and oxygen atoms in total. The predicted octanol–water partition coefficient (Wildman–Crippen LogP) is 7.39. The molecule has 176 valence electrons. The number of rotatable bonds is 2. The van der Waals surface area contributed by atoms with E-state index in [0.29, 0.717) is 12.1 Å². The molecule has 0 saturated carbocycles. The molecule has 0 spiro atoms. The lowest BCUT2D eigenvalue weighted by Gasteiger charge is -2.28. The van der Waals surface area contributed by atoms with Crippen LogP contribution in [0, 0.1) is 0 Å². The second-order valence-corrected chi connectivity index (χ2v) is 10.4. The number of fused-ring (bicyclic) bond motifs is 2. The minimum Gasteiger partial charge on any atom is -0.314 e. The summed E-state index contributed by atoms with van der Waals surface area (Å²) in [6.07, 6.45) is 5.06. The van der Waals surface area contributed by atoms with E-state index in [9.17, 15) is 0 Å². The van der Waals surface area contributed by atoms with Crippen molar-refractivity contribution in [2.75, 3.05) is 13.1 Å². The Morgan fingerprint density at radius 1 is 0.529 bits per heavy atom. The van der Waals surface area contributed by atoms with Crippen molar-refractivity contribution < 1.29 is 0 Å². The molecule has 0 aliphatic carbocycles. The Labute approximate surface area is 204 Å². The number of piperidine rings is 2. The van der Waals surface area contributed by atoms with E-state index >= 15 is 0 Å². The maximum Gasteiger partial charge on any atom is 0.00445 e. The van der Waals surface area contributed by atoms with Crippen molar-refractivity contribution in [2.24, 2.45) is 0 Å². The van der Waals surface area contributed by atoms with Crippen molar-refractivity contribution in [3.63, 3.8) is 0 Å². The van der Waals surface area contributed by atoms with E-state index in [-0.39, 0.29) is 0 Å². The first kappa shape index (κ1) is 23.1. The summed E-state index contributed by atoms with van der Waals surface area (Å²) in [5.41, 5.74) is 3.02. The summed E-state index contributed by atoms with van der Waals surface area (Å²) in [5.74, 6) is 1.46. The lowest BCUT2D eigenvalue weighted by atomic mass is 9.86. The zero-order valence-corrected chi connectivity index (χ0v) is 20.6. The molecule has 6 rings (SSSR count). The van der Waals surface area contributed by atoms with Gasteiger partial charge < -0.3 is 10.6 Å². The first-order valence-corrected chi connectivity index (χ1v) is 13.1. The van der Waals surface area contributed by atoms with Gasteiger partial charge in [0.05, 0.1) is 0 Å². The Kier molecular flexibility index (Phi) is 7.27. The van der Waals surface area contributed by atoms with Crippen LogP contribution in [0.1, 0.15) is 62.5 Å². The summed E-state index contributed by atoms with van der Waals surface area (Å²) in [7, 11) is 0. The van der Waals surface area contributed by atoms with Crippen LogP contribution in [0.2, 0.25) is 0 Å². The van der Waals surface area contributed by atoms with E-state index in [1.807, 2.05) is 0 Å². The first-order valence-electron chi connectivity index (χ1n) is 13.1. The summed E-state index contributed by atoms with van der Waals surface area (Å²) < 4.78 is 0. The van der Waals surface area contributed by atoms with Gasteiger partial charge in [-0.15, -0.1) is 0 Å². The third-order valence-corrected chi connectivity index (χ3v) is 7.74. The molecule has 0 unspecified atom stereocenters. The summed E-state index contributed by atoms with van der Waals surface area (Å²) in [6.45, 7) is 6.87. The van der Waals surface area contributed by atoms with Gasteiger partial charge in [-0.25, -0.2) is 0 Å². The number of benzene rings is 4. The minimum atomic E-state index is 0.653. The van der Waals surface area contributed by atoms with Gasteiger partial charge in [-0.05, 0) is 97.1 Å². The average molecular weight is 451 g/mol. The van der Waals surface area contributed by atoms with Crippen molar-refractivity contribution in [3.8, 4) is 0 Å². The van der Waals surface area contributed by atoms with E-state index < -0.39 is 0 Å². The summed E-state index contributed by atoms with van der Waals surface area (Å²) in [4.78, 5) is 0. The molecular weight excluding hydrogens is 412 g/mol. The SMILES string of the molecule is C[C@H]1C[C@@H](c2ccc3ccccc3c2)CCN1.C[C@H]1C[C@H](c2ccc3ccccc3c2)CCN1. The Morgan fingerprint density at radius 3 is 1.35 bits per heavy atom. The monoisotopic (exact) mass is 450 g/mol. The van der Waals surface area contributed by atoms with Crippen molar-refractivity contribution in [1.82, 2.24) is 10.6 Å². The Bertz CT molecular complexity index is 1130. The summed E-state index contributed by atoms with van der Waals surface area (Å²) in [6, 6.07) is 32.4. The van der Waals surface area contributed by atoms with Gasteiger partial charge >= 0.3 is 0 Å². The van der Waals surface area contributed by atoms with E-state index in [2.05, 4.69) is 109 Å². The van der Waals surface area contributed by atoms with Crippen molar-refractivity contribution in [1.29, 1.82) is 0 Å². The molecular formula is C32H38N2. The third kappa shape index (κ3) is 5.51. The number of hydrogen-bond donors (Lipinski definition) is 2. The zero-order chi connectivity index (χ0) is 23.3. The Balaban J connectivity index is 0.000000142. The van der Waals surface area contributed by atoms with Crippen LogP contribution in [0.3, 0.4) is 0 Å². The molecule has 0 aromatic heterocycles. The van der Waals surface area contributed by atoms with Crippen LogP contribution in [0.25, 0.3) is 21.5 Å². The fourth-order valence-corrected chi connectivity index (χ4v) is 5.79. The van der Waals surface area contributed by atoms with Crippen LogP contribution in [-0.2, 0) is 0 Å². The molecule has 0 amide bonds. The molecule has 4 aromatic rings. The Hall–Kier alpha value is -2.68. The van der Waals surface area contributed by atoms with E-state index in [1.54, 1.807) is 0 Å². The van der Waals surface area contributed by atoms with Crippen LogP contribution in [-0.4, -0.2) is 25.2 Å². The molecule has 4 aromatic carbocycles. The van der Waals surface area contributed by atoms with Gasteiger partial charge in [-0.2, -0.15) is 0 Å². The van der Waals surface area contributed by atoms with Gasteiger partial charge in [-0.3, -0.25) is 0 Å². The van der Waals surface area contributed by atoms with Gasteiger partial charge in [0.2, 0.25) is 0 Å². The molecule has 2 heterocycles. The fraction of sp³-hybridized carbons (Fsp3) is 0.375. The largest absolute Gasteiger partial charge is 0.314 e. The second-order valence-electron chi connectivity index (χ2n) is 10.4. The molecule has 2 heteroatoms. The molecule has 2 saturated heterocycles. The van der Waals surface area contributed by atoms with Crippen LogP contribution in [0.5, 0.6) is 0 Å². The highest BCUT2D eigenvalue weighted by Gasteiger charge is 2.20. The van der Waals surface area contributed by atoms with Gasteiger partial charge in [-0.1, -0.05) is 84.9 Å². The highest BCUT2D eigenvalue weighted by atomic mass is 14.9. The Morgan fingerprint density at radius 2 is 0.941 bits per heavy atom. The van der Waals surface area contributed by atoms with Gasteiger partial charge in [0.25, 0.3) is 0 Å². The molecule has 2 fully saturated rings. The molecule has 2 aliphatic rings. The lowest BCUT2D eigenvalue weighted by Crippen LogP contribution is -2.34. The van der Waals surface area contributed by atoms with Crippen LogP contribution >= 0.6 is 0 Å². The molecule has 0 bridgehead atoms. The normalized spacial score (nSPS) is 25.0. The van der Waals surface area contributed by atoms with Gasteiger partial charge in [0.15, 0.2) is 0 Å². The van der Waals surface area contributed by atoms with Crippen molar-refractivity contribution in [2.45, 2.75) is 63.5 Å². The molecule has 2 N–H and O–H groups in total. The second kappa shape index (κ2) is 10.7. The minimum absolute atomic E-state index is 0.653. The zero-order valence-electron chi connectivity index (χ0n) is 20.6. The number of hydrogen-bond acceptors (Lipinski definition) is 2. The third-order valence-electron chi connectivity index (χ3n) is 7.74. The molecule has 4 atom stereocenters. The highest BCUT2D eigenvalue weighted by molar-refractivity contribution is 5.83. The lowest BCUT2D eigenvalue weighted by molar-refractivity contribution is 0.381. The standard InChI is InChI=1S/2C16H19N/c2*1-12-10-16(8-9-17-12)15-7-6-13-4-2-3-5-14(13)11-15/h2*2-7,11-12,16-17H,8-10H2,1H3/t12-,16+;12-,16-/m00/s1. The van der Waals surface area contributed by atoms with Crippen molar-refractivity contribution >= 4 is 21.5 Å². The smallest absolute Gasteiger partial charge is 0.00445 e. The fourth-order valence-electron chi connectivity index (χ4n) is 5.79. The quantitative estimate of drug-likeness (QED) is 0.333. The average Bonchev–Trinajstić information content (AvgIpc) is 2.88. The van der Waals surface area contributed by atoms with E-state index in [0.717, 1.165) is 24.9 Å². The van der Waals surface area contributed by atoms with Crippen LogP contribution in [0.4, 0.5) is 0 Å². The topological polar surface area (TPSA) is 24.1 Å². The van der Waals surface area contributed by atoms with E-state index in [4.69, 9.17) is 0 Å². The molecule has 34 heavy (non-hydrogen) atoms. The van der Waals surface area contributed by atoms with Crippen LogP contribution < -0.4 is 10.6 Å². The maximum absolute atomic E-state index is 3.52. The highest BCUT2D eigenvalue weighted by Crippen LogP contribution is 2.31. The van der Waals surface area contributed by atoms with Gasteiger partial charge in [0, 0.05) is 12.1 Å². The molecule has 2 aliphatic heterocycles. The van der Waals surface area contributed by atoms with Crippen molar-refractivity contribution in [3.05, 3.63) is 96.1 Å². The summed E-state index contributed by atoms with van der Waals surface area (Å²) >= 11 is 0. The maximum atomic E-state index is 3.52. The predicted molar refractivity (Wildman–Crippen MR) is 147 cm³/mol. The van der Waals surface area contributed by atoms with Crippen LogP contribution in [0.15, 0.2) is 84.9 Å². The first-order chi connectivity index (χ1) is 16.7.